The maximum absolute atomic E-state index is 9.57. The summed E-state index contributed by atoms with van der Waals surface area (Å²) < 4.78 is 5.42. The number of aliphatic imine (C=N–C) groups is 1. The van der Waals surface area contributed by atoms with Crippen LogP contribution in [0.5, 0.6) is 0 Å². The lowest BCUT2D eigenvalue weighted by Gasteiger charge is -2.32. The van der Waals surface area contributed by atoms with Gasteiger partial charge in [-0.3, -0.25) is 4.99 Å². The van der Waals surface area contributed by atoms with E-state index in [1.165, 1.54) is 11.1 Å². The highest BCUT2D eigenvalue weighted by molar-refractivity contribution is 6.15. The molecule has 2 rings (SSSR count). The molecule has 0 saturated carbocycles. The van der Waals surface area contributed by atoms with Gasteiger partial charge in [0.15, 0.2) is 0 Å². The molecule has 0 radical (unpaired) electrons. The number of aliphatic hydroxyl groups is 1. The Hall–Kier alpha value is -2.13. The summed E-state index contributed by atoms with van der Waals surface area (Å²) in [5.41, 5.74) is 5.26. The van der Waals surface area contributed by atoms with Crippen molar-refractivity contribution in [3.8, 4) is 0 Å². The lowest BCUT2D eigenvalue weighted by molar-refractivity contribution is 0.232. The van der Waals surface area contributed by atoms with Gasteiger partial charge in [-0.1, -0.05) is 63.8 Å². The van der Waals surface area contributed by atoms with Gasteiger partial charge in [0.25, 0.3) is 0 Å². The first-order valence-corrected chi connectivity index (χ1v) is 9.09. The molecule has 140 valence electrons. The van der Waals surface area contributed by atoms with Crippen molar-refractivity contribution in [2.24, 2.45) is 10.4 Å². The van der Waals surface area contributed by atoms with E-state index in [4.69, 9.17) is 9.73 Å². The fourth-order valence-corrected chi connectivity index (χ4v) is 3.22. The summed E-state index contributed by atoms with van der Waals surface area (Å²) in [5.74, 6) is 0.658. The number of aryl methyl sites for hydroxylation is 1. The van der Waals surface area contributed by atoms with Crippen LogP contribution in [0.1, 0.15) is 49.8 Å². The minimum atomic E-state index is -0.225. The molecule has 3 nitrogen and oxygen atoms in total. The third kappa shape index (κ3) is 4.53. The first-order chi connectivity index (χ1) is 12.2. The molecule has 0 bridgehead atoms. The van der Waals surface area contributed by atoms with Crippen LogP contribution in [0, 0.1) is 12.3 Å². The Morgan fingerprint density at radius 1 is 1.31 bits per heavy atom. The topological polar surface area (TPSA) is 41.8 Å². The summed E-state index contributed by atoms with van der Waals surface area (Å²) in [4.78, 5) is 4.97. The van der Waals surface area contributed by atoms with Gasteiger partial charge in [-0.05, 0) is 36.0 Å². The number of allylic oxidation sites excluding steroid dienone is 3. The number of rotatable bonds is 6. The van der Waals surface area contributed by atoms with Gasteiger partial charge in [0.2, 0.25) is 0 Å². The molecule has 0 spiro atoms. The Morgan fingerprint density at radius 2 is 2.00 bits per heavy atom. The van der Waals surface area contributed by atoms with Crippen molar-refractivity contribution in [2.75, 3.05) is 13.7 Å². The third-order valence-corrected chi connectivity index (χ3v) is 4.63. The van der Waals surface area contributed by atoms with Crippen LogP contribution in [0.15, 0.2) is 59.8 Å². The summed E-state index contributed by atoms with van der Waals surface area (Å²) in [7, 11) is 1.62. The summed E-state index contributed by atoms with van der Waals surface area (Å²) >= 11 is 0. The number of fused-ring (bicyclic) bond motifs is 1. The minimum absolute atomic E-state index is 0.0474. The van der Waals surface area contributed by atoms with E-state index in [1.807, 2.05) is 6.08 Å². The molecule has 1 aliphatic rings. The molecule has 1 N–H and O–H groups in total. The second-order valence-corrected chi connectivity index (χ2v) is 8.03. The Balaban J connectivity index is 2.58. The fraction of sp³-hybridized carbons (Fsp3) is 0.435. The largest absolute Gasteiger partial charge is 0.499 e. The lowest BCUT2D eigenvalue weighted by Crippen LogP contribution is -2.29. The summed E-state index contributed by atoms with van der Waals surface area (Å²) in [6, 6.07) is 6.17. The number of aliphatic hydroxyl groups excluding tert-OH is 1. The molecule has 1 aromatic rings. The molecule has 0 amide bonds. The maximum Gasteiger partial charge on any atom is 0.114 e. The van der Waals surface area contributed by atoms with Crippen LogP contribution >= 0.6 is 0 Å². The van der Waals surface area contributed by atoms with E-state index in [0.29, 0.717) is 12.2 Å². The second kappa shape index (κ2) is 8.05. The zero-order valence-electron chi connectivity index (χ0n) is 16.7. The molecule has 1 heterocycles. The monoisotopic (exact) mass is 353 g/mol. The molecule has 26 heavy (non-hydrogen) atoms. The minimum Gasteiger partial charge on any atom is -0.499 e. The van der Waals surface area contributed by atoms with Gasteiger partial charge in [-0.15, -0.1) is 0 Å². The van der Waals surface area contributed by atoms with Crippen molar-refractivity contribution >= 4 is 5.71 Å². The van der Waals surface area contributed by atoms with Crippen molar-refractivity contribution in [2.45, 2.75) is 46.1 Å². The van der Waals surface area contributed by atoms with Crippen LogP contribution in [-0.2, 0) is 4.74 Å². The van der Waals surface area contributed by atoms with Gasteiger partial charge in [0, 0.05) is 18.1 Å². The number of benzene rings is 1. The Kier molecular flexibility index (Phi) is 6.25. The number of methoxy groups -OCH3 is 1. The Labute approximate surface area is 157 Å². The number of nitrogens with zero attached hydrogens (tertiary/aromatic N) is 1. The molecule has 3 heteroatoms. The van der Waals surface area contributed by atoms with Crippen molar-refractivity contribution < 1.29 is 9.84 Å². The Bertz CT molecular complexity index is 750. The third-order valence-electron chi connectivity index (χ3n) is 4.63. The van der Waals surface area contributed by atoms with E-state index >= 15 is 0 Å². The molecular weight excluding hydrogens is 322 g/mol. The van der Waals surface area contributed by atoms with Crippen LogP contribution in [0.4, 0.5) is 0 Å². The first kappa shape index (κ1) is 20.2. The van der Waals surface area contributed by atoms with Crippen LogP contribution in [0.25, 0.3) is 0 Å². The van der Waals surface area contributed by atoms with Gasteiger partial charge in [0.05, 0.1) is 12.8 Å². The predicted molar refractivity (Wildman–Crippen MR) is 110 cm³/mol. The van der Waals surface area contributed by atoms with E-state index in [0.717, 1.165) is 16.8 Å². The van der Waals surface area contributed by atoms with Crippen molar-refractivity contribution in [1.29, 1.82) is 0 Å². The van der Waals surface area contributed by atoms with Crippen molar-refractivity contribution in [3.05, 3.63) is 71.5 Å². The van der Waals surface area contributed by atoms with Crippen LogP contribution in [0.3, 0.4) is 0 Å². The summed E-state index contributed by atoms with van der Waals surface area (Å²) in [6.07, 6.45) is 4.81. The average molecular weight is 354 g/mol. The number of ether oxygens (including phenoxy) is 1. The highest BCUT2D eigenvalue weighted by atomic mass is 16.5. The summed E-state index contributed by atoms with van der Waals surface area (Å²) in [5, 5.41) is 9.57. The second-order valence-electron chi connectivity index (χ2n) is 8.03. The average Bonchev–Trinajstić information content (AvgIpc) is 2.58. The normalized spacial score (nSPS) is 19.8. The van der Waals surface area contributed by atoms with E-state index < -0.39 is 0 Å². The van der Waals surface area contributed by atoms with Crippen molar-refractivity contribution in [3.63, 3.8) is 0 Å². The molecule has 0 aliphatic carbocycles. The smallest absolute Gasteiger partial charge is 0.114 e. The number of hydrogen-bond donors (Lipinski definition) is 1. The first-order valence-electron chi connectivity index (χ1n) is 9.09. The van der Waals surface area contributed by atoms with Crippen LogP contribution in [0.2, 0.25) is 0 Å². The molecular formula is C23H31NO2. The van der Waals surface area contributed by atoms with Gasteiger partial charge in [0.1, 0.15) is 11.8 Å². The van der Waals surface area contributed by atoms with Gasteiger partial charge in [-0.25, -0.2) is 0 Å². The van der Waals surface area contributed by atoms with E-state index in [2.05, 4.69) is 65.1 Å². The Morgan fingerprint density at radius 3 is 2.58 bits per heavy atom. The molecule has 2 unspecified atom stereocenters. The van der Waals surface area contributed by atoms with Gasteiger partial charge < -0.3 is 9.84 Å². The molecule has 0 aromatic heterocycles. The lowest BCUT2D eigenvalue weighted by atomic mass is 9.79. The molecule has 0 fully saturated rings. The SMILES string of the molecule is C=C(/C=C\C(C)(C)C)C1=NC(C(=C)OC)C(CCO)c2ccc(C)cc21. The zero-order valence-corrected chi connectivity index (χ0v) is 16.7. The maximum atomic E-state index is 9.57. The van der Waals surface area contributed by atoms with Crippen molar-refractivity contribution in [1.82, 2.24) is 0 Å². The molecule has 1 aliphatic heterocycles. The standard InChI is InChI=1S/C23H31NO2/c1-15-8-9-18-19(11-13-25)22(17(3)26-7)24-21(20(18)14-15)16(2)10-12-23(4,5)6/h8-10,12,14,19,22,25H,2-3,11,13H2,1,4-7H3/b12-10-. The van der Waals surface area contributed by atoms with Gasteiger partial charge >= 0.3 is 0 Å². The highest BCUT2D eigenvalue weighted by Crippen LogP contribution is 2.38. The molecule has 1 aromatic carbocycles. The van der Waals surface area contributed by atoms with E-state index in [-0.39, 0.29) is 24.0 Å². The quantitative estimate of drug-likeness (QED) is 0.581. The van der Waals surface area contributed by atoms with E-state index in [9.17, 15) is 5.11 Å². The molecule has 0 saturated heterocycles. The highest BCUT2D eigenvalue weighted by Gasteiger charge is 2.33. The van der Waals surface area contributed by atoms with Crippen LogP contribution < -0.4 is 0 Å². The van der Waals surface area contributed by atoms with E-state index in [1.54, 1.807) is 7.11 Å². The summed E-state index contributed by atoms with van der Waals surface area (Å²) in [6.45, 7) is 16.9. The zero-order chi connectivity index (χ0) is 19.5. The molecule has 2 atom stereocenters. The van der Waals surface area contributed by atoms with Gasteiger partial charge in [-0.2, -0.15) is 0 Å². The predicted octanol–water partition coefficient (Wildman–Crippen LogP) is 4.95. The fourth-order valence-electron chi connectivity index (χ4n) is 3.22. The van der Waals surface area contributed by atoms with Crippen LogP contribution in [-0.4, -0.2) is 30.6 Å². The number of hydrogen-bond acceptors (Lipinski definition) is 3.